The molecule has 0 aliphatic carbocycles. The minimum Gasteiger partial charge on any atom is -0.479 e. The van der Waals surface area contributed by atoms with Crippen LogP contribution in [-0.2, 0) is 9.53 Å². The van der Waals surface area contributed by atoms with Crippen molar-refractivity contribution in [2.45, 2.75) is 24.8 Å². The minimum absolute atomic E-state index is 0.226. The van der Waals surface area contributed by atoms with Gasteiger partial charge in [0.25, 0.3) is 0 Å². The fourth-order valence-corrected chi connectivity index (χ4v) is 3.91. The third-order valence-corrected chi connectivity index (χ3v) is 5.34. The van der Waals surface area contributed by atoms with Gasteiger partial charge in [-0.15, -0.1) is 0 Å². The second-order valence-corrected chi connectivity index (χ2v) is 7.22. The van der Waals surface area contributed by atoms with Crippen molar-refractivity contribution in [2.75, 3.05) is 22.9 Å². The van der Waals surface area contributed by atoms with E-state index in [-0.39, 0.29) is 6.03 Å². The van der Waals surface area contributed by atoms with Crippen LogP contribution in [0.1, 0.15) is 13.8 Å². The van der Waals surface area contributed by atoms with Gasteiger partial charge in [-0.05, 0) is 50.1 Å². The Morgan fingerprint density at radius 3 is 2.67 bits per heavy atom. The molecule has 0 bridgehead atoms. The summed E-state index contributed by atoms with van der Waals surface area (Å²) in [6.07, 6.45) is -0.736. The van der Waals surface area contributed by atoms with E-state index in [2.05, 4.69) is 0 Å². The zero-order valence-electron chi connectivity index (χ0n) is 15.1. The lowest BCUT2D eigenvalue weighted by Crippen LogP contribution is -2.40. The van der Waals surface area contributed by atoms with Crippen LogP contribution in [0.2, 0.25) is 5.02 Å². The van der Waals surface area contributed by atoms with Crippen molar-refractivity contribution in [3.8, 4) is 5.75 Å². The van der Waals surface area contributed by atoms with E-state index >= 15 is 0 Å². The molecule has 2 aromatic carbocycles. The monoisotopic (exact) mass is 406 g/mol. The van der Waals surface area contributed by atoms with Gasteiger partial charge in [-0.3, -0.25) is 4.90 Å². The Hall–Kier alpha value is -2.38. The fraction of sp³-hybridized carbons (Fsp3) is 0.263. The predicted molar refractivity (Wildman–Crippen MR) is 107 cm³/mol. The maximum absolute atomic E-state index is 12.8. The SMILES string of the molecule is CCOC(=O)[C@@H](C)Oc1ccc2c(c1)N(C)C(=O)N(c1ccccc1Cl)S2. The number of nitrogens with zero attached hydrogens (tertiary/aromatic N) is 2. The number of ether oxygens (including phenoxy) is 2. The van der Waals surface area contributed by atoms with Crippen LogP contribution in [0.25, 0.3) is 0 Å². The van der Waals surface area contributed by atoms with Crippen molar-refractivity contribution < 1.29 is 19.1 Å². The van der Waals surface area contributed by atoms with Crippen LogP contribution >= 0.6 is 23.5 Å². The average Bonchev–Trinajstić information content (AvgIpc) is 2.66. The average molecular weight is 407 g/mol. The van der Waals surface area contributed by atoms with Gasteiger partial charge in [0.2, 0.25) is 0 Å². The third kappa shape index (κ3) is 3.99. The first-order chi connectivity index (χ1) is 12.9. The van der Waals surface area contributed by atoms with Gasteiger partial charge >= 0.3 is 12.0 Å². The van der Waals surface area contributed by atoms with Crippen LogP contribution in [0.4, 0.5) is 16.2 Å². The molecule has 2 amide bonds. The molecule has 0 spiro atoms. The Balaban J connectivity index is 1.85. The molecule has 1 heterocycles. The molecule has 0 unspecified atom stereocenters. The first-order valence-electron chi connectivity index (χ1n) is 8.40. The summed E-state index contributed by atoms with van der Waals surface area (Å²) in [5.74, 6) is 0.0552. The number of urea groups is 1. The number of benzene rings is 2. The van der Waals surface area contributed by atoms with Gasteiger partial charge in [-0.25, -0.2) is 13.9 Å². The van der Waals surface area contributed by atoms with Gasteiger partial charge in [0.1, 0.15) is 5.75 Å². The number of hydrogen-bond acceptors (Lipinski definition) is 5. The van der Waals surface area contributed by atoms with E-state index in [1.807, 2.05) is 18.2 Å². The highest BCUT2D eigenvalue weighted by molar-refractivity contribution is 8.01. The normalized spacial score (nSPS) is 14.6. The maximum Gasteiger partial charge on any atom is 0.347 e. The zero-order chi connectivity index (χ0) is 19.6. The van der Waals surface area contributed by atoms with E-state index in [0.717, 1.165) is 4.90 Å². The summed E-state index contributed by atoms with van der Waals surface area (Å²) in [6.45, 7) is 3.66. The number of para-hydroxylation sites is 1. The zero-order valence-corrected chi connectivity index (χ0v) is 16.7. The van der Waals surface area contributed by atoms with Crippen LogP contribution < -0.4 is 13.9 Å². The maximum atomic E-state index is 12.8. The number of carbonyl (C=O) groups is 2. The molecular weight excluding hydrogens is 388 g/mol. The molecule has 0 saturated carbocycles. The molecule has 3 rings (SSSR count). The molecule has 8 heteroatoms. The second kappa shape index (κ2) is 8.10. The number of fused-ring (bicyclic) bond motifs is 1. The molecule has 0 radical (unpaired) electrons. The van der Waals surface area contributed by atoms with E-state index in [0.29, 0.717) is 28.8 Å². The Morgan fingerprint density at radius 1 is 1.22 bits per heavy atom. The van der Waals surface area contributed by atoms with Gasteiger partial charge in [-0.1, -0.05) is 23.7 Å². The lowest BCUT2D eigenvalue weighted by atomic mass is 10.2. The van der Waals surface area contributed by atoms with Gasteiger partial charge in [0.05, 0.1) is 27.9 Å². The minimum atomic E-state index is -0.736. The van der Waals surface area contributed by atoms with E-state index in [4.69, 9.17) is 21.1 Å². The Kier molecular flexibility index (Phi) is 5.82. The largest absolute Gasteiger partial charge is 0.479 e. The van der Waals surface area contributed by atoms with Crippen LogP contribution in [-0.4, -0.2) is 31.8 Å². The van der Waals surface area contributed by atoms with Gasteiger partial charge in [0.15, 0.2) is 6.10 Å². The number of esters is 1. The lowest BCUT2D eigenvalue weighted by Gasteiger charge is -2.34. The standard InChI is InChI=1S/C19H19ClN2O4S/c1-4-25-18(23)12(2)26-13-9-10-17-16(11-13)21(3)19(24)22(27-17)15-8-6-5-7-14(15)20/h5-12H,4H2,1-3H3/t12-/m1/s1. The van der Waals surface area contributed by atoms with E-state index < -0.39 is 12.1 Å². The van der Waals surface area contributed by atoms with E-state index in [1.54, 1.807) is 49.5 Å². The summed E-state index contributed by atoms with van der Waals surface area (Å²) < 4.78 is 12.1. The molecular formula is C19H19ClN2O4S. The van der Waals surface area contributed by atoms with E-state index in [9.17, 15) is 9.59 Å². The second-order valence-electron chi connectivity index (χ2n) is 5.82. The quantitative estimate of drug-likeness (QED) is 0.529. The molecule has 1 aliphatic heterocycles. The highest BCUT2D eigenvalue weighted by Gasteiger charge is 2.31. The Bertz CT molecular complexity index is 877. The van der Waals surface area contributed by atoms with E-state index in [1.165, 1.54) is 16.8 Å². The van der Waals surface area contributed by atoms with Crippen LogP contribution in [0, 0.1) is 0 Å². The van der Waals surface area contributed by atoms with Gasteiger partial charge in [-0.2, -0.15) is 0 Å². The van der Waals surface area contributed by atoms with Crippen molar-refractivity contribution >= 4 is 46.9 Å². The number of amides is 2. The molecule has 6 nitrogen and oxygen atoms in total. The molecule has 0 aromatic heterocycles. The number of halogens is 1. The molecule has 0 saturated heterocycles. The predicted octanol–water partition coefficient (Wildman–Crippen LogP) is 4.75. The number of carbonyl (C=O) groups excluding carboxylic acids is 2. The van der Waals surface area contributed by atoms with Crippen molar-refractivity contribution in [1.29, 1.82) is 0 Å². The van der Waals surface area contributed by atoms with Crippen LogP contribution in [0.15, 0.2) is 47.4 Å². The molecule has 2 aromatic rings. The van der Waals surface area contributed by atoms with Crippen LogP contribution in [0.3, 0.4) is 0 Å². The fourth-order valence-electron chi connectivity index (χ4n) is 2.57. The Labute approximate surface area is 167 Å². The topological polar surface area (TPSA) is 59.1 Å². The summed E-state index contributed by atoms with van der Waals surface area (Å²) in [4.78, 5) is 27.0. The summed E-state index contributed by atoms with van der Waals surface area (Å²) in [7, 11) is 1.68. The molecule has 1 atom stereocenters. The molecule has 0 N–H and O–H groups in total. The summed E-state index contributed by atoms with van der Waals surface area (Å²) in [5, 5.41) is 0.499. The summed E-state index contributed by atoms with van der Waals surface area (Å²) >= 11 is 7.53. The summed E-state index contributed by atoms with van der Waals surface area (Å²) in [5.41, 5.74) is 1.32. The smallest absolute Gasteiger partial charge is 0.347 e. The van der Waals surface area contributed by atoms with Crippen LogP contribution in [0.5, 0.6) is 5.75 Å². The number of anilines is 2. The first-order valence-corrected chi connectivity index (χ1v) is 9.55. The Morgan fingerprint density at radius 2 is 1.96 bits per heavy atom. The first kappa shape index (κ1) is 19.4. The summed E-state index contributed by atoms with van der Waals surface area (Å²) in [6, 6.07) is 12.3. The number of rotatable bonds is 5. The highest BCUT2D eigenvalue weighted by Crippen LogP contribution is 2.44. The number of hydrogen-bond donors (Lipinski definition) is 0. The molecule has 0 fully saturated rings. The van der Waals surface area contributed by atoms with Crippen molar-refractivity contribution in [1.82, 2.24) is 0 Å². The highest BCUT2D eigenvalue weighted by atomic mass is 35.5. The van der Waals surface area contributed by atoms with Crippen molar-refractivity contribution in [3.63, 3.8) is 0 Å². The van der Waals surface area contributed by atoms with Gasteiger partial charge in [0, 0.05) is 13.1 Å². The molecule has 27 heavy (non-hydrogen) atoms. The lowest BCUT2D eigenvalue weighted by molar-refractivity contribution is -0.150. The molecule has 1 aliphatic rings. The third-order valence-electron chi connectivity index (χ3n) is 3.94. The molecule has 142 valence electrons. The van der Waals surface area contributed by atoms with Crippen molar-refractivity contribution in [2.24, 2.45) is 0 Å². The van der Waals surface area contributed by atoms with Gasteiger partial charge < -0.3 is 9.47 Å². The van der Waals surface area contributed by atoms with Crippen molar-refractivity contribution in [3.05, 3.63) is 47.5 Å².